The normalized spacial score (nSPS) is 14.4. The molecule has 0 aliphatic carbocycles. The van der Waals surface area contributed by atoms with Crippen molar-refractivity contribution in [1.82, 2.24) is 14.9 Å². The largest absolute Gasteiger partial charge is 0.438 e. The van der Waals surface area contributed by atoms with Crippen molar-refractivity contribution >= 4 is 16.9 Å². The van der Waals surface area contributed by atoms with Crippen molar-refractivity contribution in [2.24, 2.45) is 7.05 Å². The first kappa shape index (κ1) is 24.8. The lowest BCUT2D eigenvalue weighted by atomic mass is 9.83. The van der Waals surface area contributed by atoms with Crippen molar-refractivity contribution in [3.63, 3.8) is 0 Å². The van der Waals surface area contributed by atoms with E-state index in [0.29, 0.717) is 27.8 Å². The molecule has 4 heterocycles. The van der Waals surface area contributed by atoms with Crippen molar-refractivity contribution in [3.05, 3.63) is 129 Å². The lowest BCUT2D eigenvalue weighted by molar-refractivity contribution is 0.0939. The van der Waals surface area contributed by atoms with E-state index in [1.54, 1.807) is 91.5 Å². The fourth-order valence-corrected chi connectivity index (χ4v) is 4.92. The molecule has 9 heteroatoms. The predicted molar refractivity (Wildman–Crippen MR) is 145 cm³/mol. The van der Waals surface area contributed by atoms with E-state index in [4.69, 9.17) is 9.15 Å². The fraction of sp³-hybridized carbons (Fsp3) is 0.0968. The highest BCUT2D eigenvalue weighted by Crippen LogP contribution is 2.44. The zero-order valence-electron chi connectivity index (χ0n) is 21.4. The molecule has 1 aliphatic heterocycles. The summed E-state index contributed by atoms with van der Waals surface area (Å²) in [7, 11) is 1.73. The van der Waals surface area contributed by atoms with Gasteiger partial charge in [-0.1, -0.05) is 36.4 Å². The van der Waals surface area contributed by atoms with Crippen LogP contribution in [0.3, 0.4) is 0 Å². The van der Waals surface area contributed by atoms with Gasteiger partial charge in [0, 0.05) is 30.6 Å². The van der Waals surface area contributed by atoms with E-state index in [9.17, 15) is 19.2 Å². The third-order valence-electron chi connectivity index (χ3n) is 6.94. The standard InChI is InChI=1S/C31H21FN4O4/c1-17-14-20(16-34-28(17)32)18-9-11-19(12-10-18)25-22(15-33)30(35-29(37)23-7-5-13-36(23)2)40-27-21-6-3-4-8-24(21)39-31(38)26(25)27/h3-14,16,25H,1-2H3,(H,35,37). The minimum Gasteiger partial charge on any atom is -0.438 e. The number of nitriles is 1. The predicted octanol–water partition coefficient (Wildman–Crippen LogP) is 5.33. The van der Waals surface area contributed by atoms with Crippen LogP contribution < -0.4 is 15.7 Å². The summed E-state index contributed by atoms with van der Waals surface area (Å²) in [5.74, 6) is -1.75. The first-order valence-electron chi connectivity index (χ1n) is 12.4. The van der Waals surface area contributed by atoms with Crippen molar-refractivity contribution in [1.29, 1.82) is 5.26 Å². The van der Waals surface area contributed by atoms with E-state index in [0.717, 1.165) is 11.1 Å². The summed E-state index contributed by atoms with van der Waals surface area (Å²) < 4.78 is 27.1. The number of rotatable bonds is 4. The Bertz CT molecular complexity index is 1950. The second kappa shape index (κ2) is 9.67. The van der Waals surface area contributed by atoms with E-state index >= 15 is 0 Å². The lowest BCUT2D eigenvalue weighted by Gasteiger charge is -2.27. The molecule has 0 saturated heterocycles. The highest BCUT2D eigenvalue weighted by atomic mass is 19.1. The molecule has 0 fully saturated rings. The number of benzene rings is 2. The number of amides is 1. The first-order chi connectivity index (χ1) is 19.4. The van der Waals surface area contributed by atoms with Gasteiger partial charge in [0.2, 0.25) is 11.8 Å². The number of allylic oxidation sites excluding steroid dienone is 1. The van der Waals surface area contributed by atoms with Gasteiger partial charge < -0.3 is 13.7 Å². The molecule has 0 spiro atoms. The molecule has 8 nitrogen and oxygen atoms in total. The van der Waals surface area contributed by atoms with Crippen molar-refractivity contribution in [2.45, 2.75) is 12.8 Å². The maximum atomic E-state index is 13.7. The molecule has 0 bridgehead atoms. The number of ether oxygens (including phenoxy) is 1. The average Bonchev–Trinajstić information content (AvgIpc) is 3.40. The number of carbonyl (C=O) groups excluding carboxylic acids is 1. The molecule has 1 aliphatic rings. The number of hydrogen-bond acceptors (Lipinski definition) is 6. The number of aryl methyl sites for hydroxylation is 2. The summed E-state index contributed by atoms with van der Waals surface area (Å²) in [6.07, 6.45) is 3.17. The summed E-state index contributed by atoms with van der Waals surface area (Å²) in [4.78, 5) is 30.3. The van der Waals surface area contributed by atoms with Crippen LogP contribution in [0.2, 0.25) is 0 Å². The fourth-order valence-electron chi connectivity index (χ4n) is 4.92. The second-order valence-electron chi connectivity index (χ2n) is 9.43. The number of nitrogens with one attached hydrogen (secondary N) is 1. The molecular formula is C31H21FN4O4. The third-order valence-corrected chi connectivity index (χ3v) is 6.94. The third kappa shape index (κ3) is 4.12. The van der Waals surface area contributed by atoms with Gasteiger partial charge in [0.15, 0.2) is 5.75 Å². The van der Waals surface area contributed by atoms with Crippen LogP contribution >= 0.6 is 0 Å². The van der Waals surface area contributed by atoms with Crippen molar-refractivity contribution in [3.8, 4) is 22.9 Å². The monoisotopic (exact) mass is 532 g/mol. The van der Waals surface area contributed by atoms with Gasteiger partial charge in [0.1, 0.15) is 22.9 Å². The summed E-state index contributed by atoms with van der Waals surface area (Å²) >= 11 is 0. The van der Waals surface area contributed by atoms with Gasteiger partial charge in [-0.15, -0.1) is 0 Å². The highest BCUT2D eigenvalue weighted by Gasteiger charge is 2.37. The van der Waals surface area contributed by atoms with E-state index in [1.165, 1.54) is 6.20 Å². The van der Waals surface area contributed by atoms with Crippen LogP contribution in [-0.2, 0) is 7.05 Å². The summed E-state index contributed by atoms with van der Waals surface area (Å²) in [5, 5.41) is 13.5. The van der Waals surface area contributed by atoms with Crippen LogP contribution in [0.25, 0.3) is 22.1 Å². The lowest BCUT2D eigenvalue weighted by Crippen LogP contribution is -2.33. The van der Waals surface area contributed by atoms with E-state index in [1.807, 2.05) is 0 Å². The molecule has 5 aromatic rings. The molecule has 1 atom stereocenters. The number of pyridine rings is 1. The van der Waals surface area contributed by atoms with E-state index < -0.39 is 23.4 Å². The smallest absolute Gasteiger partial charge is 0.344 e. The van der Waals surface area contributed by atoms with E-state index in [2.05, 4.69) is 16.4 Å². The maximum Gasteiger partial charge on any atom is 0.344 e. The SMILES string of the molecule is Cc1cc(-c2ccc(C3C(C#N)=C(NC(=O)c4cccn4C)Oc4c3c(=O)oc3ccccc43)cc2)cnc1F. The molecule has 1 unspecified atom stereocenters. The Labute approximate surface area is 227 Å². The van der Waals surface area contributed by atoms with Crippen LogP contribution in [0.4, 0.5) is 4.39 Å². The Balaban J connectivity index is 1.51. The highest BCUT2D eigenvalue weighted by molar-refractivity contribution is 5.94. The molecular weight excluding hydrogens is 511 g/mol. The minimum atomic E-state index is -0.888. The van der Waals surface area contributed by atoms with Crippen LogP contribution in [0.15, 0.2) is 99.8 Å². The molecule has 196 valence electrons. The summed E-state index contributed by atoms with van der Waals surface area (Å²) in [5.41, 5.74) is 2.73. The number of fused-ring (bicyclic) bond motifs is 3. The van der Waals surface area contributed by atoms with Crippen LogP contribution in [0, 0.1) is 24.2 Å². The summed E-state index contributed by atoms with van der Waals surface area (Å²) in [6, 6.07) is 21.3. The summed E-state index contributed by atoms with van der Waals surface area (Å²) in [6.45, 7) is 1.64. The molecule has 0 saturated carbocycles. The van der Waals surface area contributed by atoms with Gasteiger partial charge in [-0.3, -0.25) is 10.1 Å². The number of carbonyl (C=O) groups is 1. The van der Waals surface area contributed by atoms with Gasteiger partial charge in [0.25, 0.3) is 5.91 Å². The molecule has 1 amide bonds. The molecule has 1 N–H and O–H groups in total. The number of aromatic nitrogens is 2. The zero-order valence-corrected chi connectivity index (χ0v) is 21.4. The molecule has 6 rings (SSSR count). The van der Waals surface area contributed by atoms with Crippen LogP contribution in [-0.4, -0.2) is 15.5 Å². The van der Waals surface area contributed by atoms with Gasteiger partial charge in [-0.25, -0.2) is 9.78 Å². The Kier molecular flexibility index (Phi) is 6.00. The second-order valence-corrected chi connectivity index (χ2v) is 9.43. The number of hydrogen-bond donors (Lipinski definition) is 1. The van der Waals surface area contributed by atoms with Gasteiger partial charge in [-0.2, -0.15) is 9.65 Å². The Morgan fingerprint density at radius 2 is 1.88 bits per heavy atom. The zero-order chi connectivity index (χ0) is 28.0. The van der Waals surface area contributed by atoms with Gasteiger partial charge in [0.05, 0.1) is 16.9 Å². The van der Waals surface area contributed by atoms with Gasteiger partial charge >= 0.3 is 5.63 Å². The molecule has 0 radical (unpaired) electrons. The number of halogens is 1. The average molecular weight is 533 g/mol. The minimum absolute atomic E-state index is 0.0460. The first-order valence-corrected chi connectivity index (χ1v) is 12.4. The Morgan fingerprint density at radius 1 is 1.10 bits per heavy atom. The Morgan fingerprint density at radius 3 is 2.58 bits per heavy atom. The van der Waals surface area contributed by atoms with Crippen molar-refractivity contribution < 1.29 is 18.3 Å². The van der Waals surface area contributed by atoms with E-state index in [-0.39, 0.29) is 22.8 Å². The van der Waals surface area contributed by atoms with Gasteiger partial charge in [-0.05, 0) is 48.4 Å². The number of nitrogens with zero attached hydrogens (tertiary/aromatic N) is 3. The van der Waals surface area contributed by atoms with Crippen molar-refractivity contribution in [2.75, 3.05) is 0 Å². The number of para-hydroxylation sites is 1. The maximum absolute atomic E-state index is 13.7. The van der Waals surface area contributed by atoms with Crippen LogP contribution in [0.5, 0.6) is 5.75 Å². The Hall–Kier alpha value is -5.49. The molecule has 40 heavy (non-hydrogen) atoms. The molecule has 3 aromatic heterocycles. The van der Waals surface area contributed by atoms with Crippen LogP contribution in [0.1, 0.15) is 33.1 Å². The topological polar surface area (TPSA) is 110 Å². The quantitative estimate of drug-likeness (QED) is 0.248. The molecule has 2 aromatic carbocycles.